The average molecular weight is 327 g/mol. The van der Waals surface area contributed by atoms with Gasteiger partial charge in [-0.2, -0.15) is 5.10 Å². The maximum Gasteiger partial charge on any atom is 0.184 e. The van der Waals surface area contributed by atoms with Gasteiger partial charge in [0.15, 0.2) is 10.4 Å². The predicted octanol–water partition coefficient (Wildman–Crippen LogP) is 4.29. The molecule has 0 amide bonds. The number of hydrogen-bond donors (Lipinski definition) is 1. The lowest BCUT2D eigenvalue weighted by molar-refractivity contribution is 0.748. The number of H-pyrrole nitrogens is 1. The Kier molecular flexibility index (Phi) is 3.36. The minimum atomic E-state index is 0.498. The van der Waals surface area contributed by atoms with Crippen LogP contribution in [-0.2, 0) is 13.5 Å². The molecule has 0 unspecified atom stereocenters. The fourth-order valence-corrected chi connectivity index (χ4v) is 2.91. The zero-order valence-corrected chi connectivity index (χ0v) is 13.3. The third-order valence-electron chi connectivity index (χ3n) is 3.23. The Morgan fingerprint density at radius 2 is 2.05 bits per heavy atom. The molecule has 0 atom stereocenters. The lowest BCUT2D eigenvalue weighted by atomic mass is 10.3. The van der Waals surface area contributed by atoms with E-state index in [0.717, 1.165) is 29.0 Å². The molecule has 3 aromatic rings. The van der Waals surface area contributed by atoms with E-state index in [1.165, 1.54) is 0 Å². The number of aryl methyl sites for hydroxylation is 2. The van der Waals surface area contributed by atoms with Gasteiger partial charge in [0.1, 0.15) is 5.52 Å². The number of nitrogens with zero attached hydrogens (tertiary/aromatic N) is 3. The molecule has 1 N–H and O–H groups in total. The molecule has 0 saturated heterocycles. The normalized spacial score (nSPS) is 11.4. The van der Waals surface area contributed by atoms with E-state index in [1.807, 2.05) is 22.4 Å². The number of benzene rings is 1. The van der Waals surface area contributed by atoms with Crippen LogP contribution in [0, 0.1) is 4.77 Å². The number of aromatic nitrogens is 4. The van der Waals surface area contributed by atoms with E-state index in [9.17, 15) is 0 Å². The first-order valence-corrected chi connectivity index (χ1v) is 7.31. The van der Waals surface area contributed by atoms with Crippen LogP contribution in [0.1, 0.15) is 12.6 Å². The summed E-state index contributed by atoms with van der Waals surface area (Å²) in [6.45, 7) is 2.06. The highest BCUT2D eigenvalue weighted by Gasteiger charge is 2.15. The van der Waals surface area contributed by atoms with Crippen molar-refractivity contribution in [2.45, 2.75) is 13.3 Å². The van der Waals surface area contributed by atoms with Crippen molar-refractivity contribution >= 4 is 46.6 Å². The van der Waals surface area contributed by atoms with Crippen LogP contribution in [-0.4, -0.2) is 19.3 Å². The molecule has 0 bridgehead atoms. The topological polar surface area (TPSA) is 38.5 Å². The monoisotopic (exact) mass is 326 g/mol. The zero-order valence-electron chi connectivity index (χ0n) is 10.9. The summed E-state index contributed by atoms with van der Waals surface area (Å²) in [5.74, 6) is 0. The van der Waals surface area contributed by atoms with Gasteiger partial charge < -0.3 is 4.98 Å². The number of imidazole rings is 1. The molecule has 104 valence electrons. The predicted molar refractivity (Wildman–Crippen MR) is 84.6 cm³/mol. The van der Waals surface area contributed by atoms with Crippen molar-refractivity contribution in [2.75, 3.05) is 0 Å². The smallest absolute Gasteiger partial charge is 0.184 e. The number of nitrogens with one attached hydrogen (secondary N) is 1. The third kappa shape index (κ3) is 1.97. The second-order valence-electron chi connectivity index (χ2n) is 4.49. The van der Waals surface area contributed by atoms with E-state index < -0.39 is 0 Å². The molecule has 0 aliphatic rings. The third-order valence-corrected chi connectivity index (χ3v) is 4.26. The lowest BCUT2D eigenvalue weighted by Gasteiger charge is -2.06. The quantitative estimate of drug-likeness (QED) is 0.713. The van der Waals surface area contributed by atoms with Crippen molar-refractivity contribution in [3.8, 4) is 5.69 Å². The summed E-state index contributed by atoms with van der Waals surface area (Å²) in [6.07, 6.45) is 0.841. The SMILES string of the molecule is CCc1nn(C)c2c1[nH]c(=S)n2-c1ccc(Cl)c(Cl)c1. The summed E-state index contributed by atoms with van der Waals surface area (Å²) < 4.78 is 4.35. The van der Waals surface area contributed by atoms with Crippen molar-refractivity contribution in [1.82, 2.24) is 19.3 Å². The molecular weight excluding hydrogens is 315 g/mol. The maximum absolute atomic E-state index is 6.09. The Hall–Kier alpha value is -1.30. The molecule has 1 aromatic carbocycles. The number of fused-ring (bicyclic) bond motifs is 1. The molecule has 0 fully saturated rings. The minimum Gasteiger partial charge on any atom is -0.327 e. The first-order valence-electron chi connectivity index (χ1n) is 6.15. The van der Waals surface area contributed by atoms with E-state index >= 15 is 0 Å². The van der Waals surface area contributed by atoms with E-state index in [4.69, 9.17) is 35.4 Å². The van der Waals surface area contributed by atoms with Gasteiger partial charge in [-0.3, -0.25) is 4.57 Å². The van der Waals surface area contributed by atoms with Crippen LogP contribution in [0.4, 0.5) is 0 Å². The van der Waals surface area contributed by atoms with Gasteiger partial charge in [0.2, 0.25) is 0 Å². The number of rotatable bonds is 2. The standard InChI is InChI=1S/C13H12Cl2N4S/c1-3-10-11-12(18(2)17-10)19(13(20)16-11)7-4-5-8(14)9(15)6-7/h4-6H,3H2,1-2H3,(H,16,20). The summed E-state index contributed by atoms with van der Waals surface area (Å²) in [5, 5.41) is 5.51. The van der Waals surface area contributed by atoms with E-state index in [1.54, 1.807) is 12.1 Å². The van der Waals surface area contributed by atoms with Crippen LogP contribution in [0.25, 0.3) is 16.9 Å². The number of aromatic amines is 1. The van der Waals surface area contributed by atoms with Crippen molar-refractivity contribution in [2.24, 2.45) is 7.05 Å². The molecule has 0 radical (unpaired) electrons. The van der Waals surface area contributed by atoms with Crippen LogP contribution < -0.4 is 0 Å². The molecule has 0 aliphatic carbocycles. The summed E-state index contributed by atoms with van der Waals surface area (Å²) in [4.78, 5) is 3.22. The van der Waals surface area contributed by atoms with Crippen LogP contribution in [0.2, 0.25) is 10.0 Å². The van der Waals surface area contributed by atoms with Crippen LogP contribution >= 0.6 is 35.4 Å². The Balaban J connectivity index is 2.35. The maximum atomic E-state index is 6.09. The number of hydrogen-bond acceptors (Lipinski definition) is 2. The second kappa shape index (κ2) is 4.91. The summed E-state index contributed by atoms with van der Waals surface area (Å²) >= 11 is 17.5. The lowest BCUT2D eigenvalue weighted by Crippen LogP contribution is -2.01. The first-order chi connectivity index (χ1) is 9.52. The van der Waals surface area contributed by atoms with Gasteiger partial charge in [0, 0.05) is 7.05 Å². The second-order valence-corrected chi connectivity index (χ2v) is 5.69. The Bertz CT molecular complexity index is 859. The Labute approximate surface area is 130 Å². The van der Waals surface area contributed by atoms with Gasteiger partial charge in [-0.05, 0) is 36.8 Å². The van der Waals surface area contributed by atoms with E-state index in [-0.39, 0.29) is 0 Å². The highest BCUT2D eigenvalue weighted by Crippen LogP contribution is 2.27. The molecule has 4 nitrogen and oxygen atoms in total. The van der Waals surface area contributed by atoms with Crippen molar-refractivity contribution in [3.63, 3.8) is 0 Å². The van der Waals surface area contributed by atoms with Crippen molar-refractivity contribution in [1.29, 1.82) is 0 Å². The van der Waals surface area contributed by atoms with E-state index in [2.05, 4.69) is 17.0 Å². The van der Waals surface area contributed by atoms with E-state index in [0.29, 0.717) is 14.8 Å². The molecule has 2 aromatic heterocycles. The van der Waals surface area contributed by atoms with Crippen LogP contribution in [0.3, 0.4) is 0 Å². The van der Waals surface area contributed by atoms with Gasteiger partial charge in [-0.1, -0.05) is 30.1 Å². The van der Waals surface area contributed by atoms with Crippen molar-refractivity contribution < 1.29 is 0 Å². The van der Waals surface area contributed by atoms with Gasteiger partial charge >= 0.3 is 0 Å². The molecule has 0 aliphatic heterocycles. The van der Waals surface area contributed by atoms with Gasteiger partial charge in [0.25, 0.3) is 0 Å². The first kappa shape index (κ1) is 13.7. The van der Waals surface area contributed by atoms with Crippen LogP contribution in [0.5, 0.6) is 0 Å². The van der Waals surface area contributed by atoms with Gasteiger partial charge in [0.05, 0.1) is 21.4 Å². The summed E-state index contributed by atoms with van der Waals surface area (Å²) in [6, 6.07) is 5.44. The molecule has 0 spiro atoms. The van der Waals surface area contributed by atoms with Gasteiger partial charge in [-0.15, -0.1) is 0 Å². The Morgan fingerprint density at radius 1 is 1.30 bits per heavy atom. The molecule has 0 saturated carbocycles. The average Bonchev–Trinajstić information content (AvgIpc) is 2.90. The number of halogens is 2. The summed E-state index contributed by atoms with van der Waals surface area (Å²) in [7, 11) is 1.90. The highest BCUT2D eigenvalue weighted by molar-refractivity contribution is 7.71. The fraction of sp³-hybridized carbons (Fsp3) is 0.231. The minimum absolute atomic E-state index is 0.498. The molecule has 7 heteroatoms. The zero-order chi connectivity index (χ0) is 14.4. The largest absolute Gasteiger partial charge is 0.327 e. The van der Waals surface area contributed by atoms with Crippen molar-refractivity contribution in [3.05, 3.63) is 38.7 Å². The fourth-order valence-electron chi connectivity index (χ4n) is 2.32. The highest BCUT2D eigenvalue weighted by atomic mass is 35.5. The Morgan fingerprint density at radius 3 is 2.70 bits per heavy atom. The molecule has 2 heterocycles. The van der Waals surface area contributed by atoms with Gasteiger partial charge in [-0.25, -0.2) is 4.68 Å². The molecule has 3 rings (SSSR count). The summed E-state index contributed by atoms with van der Waals surface area (Å²) in [5.41, 5.74) is 3.74. The molecular formula is C13H12Cl2N4S. The molecule has 20 heavy (non-hydrogen) atoms. The van der Waals surface area contributed by atoms with Crippen LogP contribution in [0.15, 0.2) is 18.2 Å².